The van der Waals surface area contributed by atoms with Gasteiger partial charge in [0.05, 0.1) is 13.2 Å². The van der Waals surface area contributed by atoms with Gasteiger partial charge in [-0.3, -0.25) is 4.79 Å². The molecular formula is C11H14O3. The molecule has 3 nitrogen and oxygen atoms in total. The highest BCUT2D eigenvalue weighted by atomic mass is 16.5. The summed E-state index contributed by atoms with van der Waals surface area (Å²) >= 11 is 0. The predicted octanol–water partition coefficient (Wildman–Crippen LogP) is 1.82. The van der Waals surface area contributed by atoms with E-state index in [4.69, 9.17) is 9.47 Å². The van der Waals surface area contributed by atoms with Crippen molar-refractivity contribution in [2.75, 3.05) is 13.2 Å². The smallest absolute Gasteiger partial charge is 0.308 e. The number of ether oxygens (including phenoxy) is 2. The van der Waals surface area contributed by atoms with Crippen LogP contribution in [0.1, 0.15) is 6.92 Å². The molecule has 76 valence electrons. The molecule has 1 saturated heterocycles. The molecule has 0 aromatic carbocycles. The van der Waals surface area contributed by atoms with Gasteiger partial charge in [-0.05, 0) is 11.6 Å². The molecule has 0 aliphatic carbocycles. The first kappa shape index (κ1) is 10.7. The van der Waals surface area contributed by atoms with Gasteiger partial charge in [-0.25, -0.2) is 0 Å². The van der Waals surface area contributed by atoms with Gasteiger partial charge in [0, 0.05) is 12.8 Å². The molecule has 0 N–H and O–H groups in total. The molecule has 1 atom stereocenters. The minimum atomic E-state index is -0.360. The number of rotatable bonds is 3. The van der Waals surface area contributed by atoms with Gasteiger partial charge in [0.1, 0.15) is 5.76 Å². The van der Waals surface area contributed by atoms with Crippen LogP contribution in [0.3, 0.4) is 0 Å². The van der Waals surface area contributed by atoms with E-state index >= 15 is 0 Å². The Morgan fingerprint density at radius 3 is 2.93 bits per heavy atom. The second-order valence-corrected chi connectivity index (χ2v) is 3.20. The zero-order valence-corrected chi connectivity index (χ0v) is 8.29. The van der Waals surface area contributed by atoms with Crippen molar-refractivity contribution in [2.45, 2.75) is 6.92 Å². The van der Waals surface area contributed by atoms with Crippen LogP contribution in [0.15, 0.2) is 36.6 Å². The molecule has 0 aromatic heterocycles. The van der Waals surface area contributed by atoms with Crippen LogP contribution in [0.4, 0.5) is 0 Å². The van der Waals surface area contributed by atoms with Crippen molar-refractivity contribution < 1.29 is 14.3 Å². The molecule has 1 aliphatic rings. The van der Waals surface area contributed by atoms with Gasteiger partial charge in [0.25, 0.3) is 0 Å². The Kier molecular flexibility index (Phi) is 3.65. The molecule has 3 heteroatoms. The van der Waals surface area contributed by atoms with Crippen LogP contribution >= 0.6 is 0 Å². The lowest BCUT2D eigenvalue weighted by Crippen LogP contribution is -1.98. The first-order chi connectivity index (χ1) is 6.59. The topological polar surface area (TPSA) is 35.5 Å². The Morgan fingerprint density at radius 1 is 1.71 bits per heavy atom. The molecule has 0 radical (unpaired) electrons. The molecule has 1 fully saturated rings. The van der Waals surface area contributed by atoms with Crippen LogP contribution in [-0.2, 0) is 14.3 Å². The lowest BCUT2D eigenvalue weighted by atomic mass is 10.0. The van der Waals surface area contributed by atoms with Crippen molar-refractivity contribution >= 4 is 5.97 Å². The van der Waals surface area contributed by atoms with E-state index in [-0.39, 0.29) is 11.9 Å². The molecule has 0 unspecified atom stereocenters. The maximum absolute atomic E-state index is 10.6. The van der Waals surface area contributed by atoms with E-state index in [1.807, 2.05) is 6.08 Å². The van der Waals surface area contributed by atoms with E-state index in [0.29, 0.717) is 19.0 Å². The molecule has 1 heterocycles. The standard InChI is InChI=1S/C11H14O3/c1-8-6-13-7-11(8)5-4-9(2)14-10(3)12/h4-5,11H,1-2,6-7H2,3H3/b5-4-/t11-/m1/s1. The maximum Gasteiger partial charge on any atom is 0.308 e. The SMILES string of the molecule is C=C(/C=C\[C@@H]1COCC1=C)OC(C)=O. The van der Waals surface area contributed by atoms with Gasteiger partial charge >= 0.3 is 5.97 Å². The third-order valence-electron chi connectivity index (χ3n) is 1.90. The number of carbonyl (C=O) groups is 1. The summed E-state index contributed by atoms with van der Waals surface area (Å²) in [5.74, 6) is 0.195. The molecule has 1 rings (SSSR count). The summed E-state index contributed by atoms with van der Waals surface area (Å²) in [7, 11) is 0. The highest BCUT2D eigenvalue weighted by Crippen LogP contribution is 2.19. The molecule has 0 aromatic rings. The summed E-state index contributed by atoms with van der Waals surface area (Å²) in [6.07, 6.45) is 3.56. The number of esters is 1. The van der Waals surface area contributed by atoms with E-state index < -0.39 is 0 Å². The highest BCUT2D eigenvalue weighted by Gasteiger charge is 2.16. The van der Waals surface area contributed by atoms with E-state index in [1.54, 1.807) is 6.08 Å². The molecule has 14 heavy (non-hydrogen) atoms. The fourth-order valence-electron chi connectivity index (χ4n) is 1.18. The molecule has 0 spiro atoms. The molecule has 0 bridgehead atoms. The highest BCUT2D eigenvalue weighted by molar-refractivity contribution is 5.67. The monoisotopic (exact) mass is 194 g/mol. The number of allylic oxidation sites excluding steroid dienone is 1. The lowest BCUT2D eigenvalue weighted by molar-refractivity contribution is -0.136. The fraction of sp³-hybridized carbons (Fsp3) is 0.364. The van der Waals surface area contributed by atoms with Crippen molar-refractivity contribution in [1.29, 1.82) is 0 Å². The summed E-state index contributed by atoms with van der Waals surface area (Å²) in [6, 6.07) is 0. The first-order valence-corrected chi connectivity index (χ1v) is 4.40. The largest absolute Gasteiger partial charge is 0.427 e. The third-order valence-corrected chi connectivity index (χ3v) is 1.90. The van der Waals surface area contributed by atoms with Gasteiger partial charge in [0.2, 0.25) is 0 Å². The summed E-state index contributed by atoms with van der Waals surface area (Å²) < 4.78 is 9.95. The number of hydrogen-bond acceptors (Lipinski definition) is 3. The average Bonchev–Trinajstić information content (AvgIpc) is 2.46. The maximum atomic E-state index is 10.6. The molecule has 1 aliphatic heterocycles. The van der Waals surface area contributed by atoms with Crippen molar-refractivity contribution in [2.24, 2.45) is 5.92 Å². The summed E-state index contributed by atoms with van der Waals surface area (Å²) in [6.45, 7) is 10.0. The number of carbonyl (C=O) groups excluding carboxylic acids is 1. The van der Waals surface area contributed by atoms with Gasteiger partial charge < -0.3 is 9.47 Å². The molecule has 0 saturated carbocycles. The summed E-state index contributed by atoms with van der Waals surface area (Å²) in [5.41, 5.74) is 1.04. The minimum Gasteiger partial charge on any atom is -0.427 e. The molecular weight excluding hydrogens is 180 g/mol. The Hall–Kier alpha value is -1.35. The van der Waals surface area contributed by atoms with Crippen molar-refractivity contribution in [3.63, 3.8) is 0 Å². The quantitative estimate of drug-likeness (QED) is 0.297. The summed E-state index contributed by atoms with van der Waals surface area (Å²) in [5, 5.41) is 0. The van der Waals surface area contributed by atoms with Crippen molar-refractivity contribution in [3.8, 4) is 0 Å². The van der Waals surface area contributed by atoms with Crippen LogP contribution in [0, 0.1) is 5.92 Å². The first-order valence-electron chi connectivity index (χ1n) is 4.40. The van der Waals surface area contributed by atoms with Gasteiger partial charge in [-0.1, -0.05) is 19.2 Å². The van der Waals surface area contributed by atoms with Crippen molar-refractivity contribution in [1.82, 2.24) is 0 Å². The Bertz CT molecular complexity index is 289. The van der Waals surface area contributed by atoms with E-state index in [0.717, 1.165) is 5.57 Å². The Balaban J connectivity index is 2.42. The van der Waals surface area contributed by atoms with Crippen molar-refractivity contribution in [3.05, 3.63) is 36.6 Å². The van der Waals surface area contributed by atoms with E-state index in [2.05, 4.69) is 13.2 Å². The number of hydrogen-bond donors (Lipinski definition) is 0. The third kappa shape index (κ3) is 3.18. The summed E-state index contributed by atoms with van der Waals surface area (Å²) in [4.78, 5) is 10.6. The minimum absolute atomic E-state index is 0.210. The van der Waals surface area contributed by atoms with Gasteiger partial charge in [0.15, 0.2) is 0 Å². The zero-order valence-electron chi connectivity index (χ0n) is 8.29. The average molecular weight is 194 g/mol. The zero-order chi connectivity index (χ0) is 10.6. The van der Waals surface area contributed by atoms with Crippen LogP contribution < -0.4 is 0 Å². The predicted molar refractivity (Wildman–Crippen MR) is 53.5 cm³/mol. The van der Waals surface area contributed by atoms with Crippen LogP contribution in [0.25, 0.3) is 0 Å². The van der Waals surface area contributed by atoms with Gasteiger partial charge in [-0.15, -0.1) is 0 Å². The lowest BCUT2D eigenvalue weighted by Gasteiger charge is -2.02. The van der Waals surface area contributed by atoms with Gasteiger partial charge in [-0.2, -0.15) is 0 Å². The Labute approximate surface area is 83.7 Å². The van der Waals surface area contributed by atoms with E-state index in [1.165, 1.54) is 6.92 Å². The Morgan fingerprint density at radius 2 is 2.43 bits per heavy atom. The fourth-order valence-corrected chi connectivity index (χ4v) is 1.18. The molecule has 0 amide bonds. The second kappa shape index (κ2) is 4.77. The van der Waals surface area contributed by atoms with Crippen LogP contribution in [0.2, 0.25) is 0 Å². The van der Waals surface area contributed by atoms with Crippen LogP contribution in [0.5, 0.6) is 0 Å². The van der Waals surface area contributed by atoms with Crippen LogP contribution in [-0.4, -0.2) is 19.2 Å². The normalized spacial score (nSPS) is 21.5. The van der Waals surface area contributed by atoms with E-state index in [9.17, 15) is 4.79 Å². The second-order valence-electron chi connectivity index (χ2n) is 3.20.